The number of amides is 1. The molecule has 0 unspecified atom stereocenters. The van der Waals surface area contributed by atoms with Crippen LogP contribution in [0, 0.1) is 0 Å². The minimum Gasteiger partial charge on any atom is -0.350 e. The van der Waals surface area contributed by atoms with Crippen LogP contribution in [0.1, 0.15) is 22.3 Å². The maximum atomic E-state index is 13.1. The maximum Gasteiger partial charge on any atom is 0.256 e. The largest absolute Gasteiger partial charge is 0.350 e. The van der Waals surface area contributed by atoms with E-state index in [1.165, 1.54) is 5.56 Å². The highest BCUT2D eigenvalue weighted by Gasteiger charge is 2.23. The number of carbonyl (C=O) groups is 1. The number of nitrogens with zero attached hydrogens (tertiary/aromatic N) is 4. The van der Waals surface area contributed by atoms with E-state index in [1.54, 1.807) is 6.20 Å². The number of aromatic nitrogens is 2. The van der Waals surface area contributed by atoms with Crippen LogP contribution in [0.2, 0.25) is 0 Å². The number of hydrogen-bond acceptors (Lipinski definition) is 3. The molecule has 2 aromatic heterocycles. The summed E-state index contributed by atoms with van der Waals surface area (Å²) in [7, 11) is 2.00. The molecule has 26 heavy (non-hydrogen) atoms. The van der Waals surface area contributed by atoms with Crippen LogP contribution in [-0.4, -0.2) is 51.4 Å². The Balaban J connectivity index is 1.47. The van der Waals surface area contributed by atoms with Crippen molar-refractivity contribution in [2.75, 3.05) is 26.2 Å². The van der Waals surface area contributed by atoms with E-state index in [9.17, 15) is 4.79 Å². The topological polar surface area (TPSA) is 41.4 Å². The second kappa shape index (κ2) is 7.30. The first-order chi connectivity index (χ1) is 12.7. The lowest BCUT2D eigenvalue weighted by atomic mass is 10.1. The van der Waals surface area contributed by atoms with E-state index in [0.717, 1.165) is 55.6 Å². The summed E-state index contributed by atoms with van der Waals surface area (Å²) in [5.74, 6) is 0.144. The van der Waals surface area contributed by atoms with E-state index in [2.05, 4.69) is 22.0 Å². The van der Waals surface area contributed by atoms with Crippen molar-refractivity contribution in [3.63, 3.8) is 0 Å². The Morgan fingerprint density at radius 3 is 2.81 bits per heavy atom. The minimum atomic E-state index is 0.144. The molecule has 0 atom stereocenters. The van der Waals surface area contributed by atoms with Gasteiger partial charge in [-0.3, -0.25) is 14.7 Å². The molecule has 1 aromatic carbocycles. The van der Waals surface area contributed by atoms with Gasteiger partial charge in [0, 0.05) is 69.3 Å². The summed E-state index contributed by atoms with van der Waals surface area (Å²) in [5, 5.41) is 1.04. The Hall–Kier alpha value is -2.66. The van der Waals surface area contributed by atoms with Crippen LogP contribution in [0.3, 0.4) is 0 Å². The molecule has 0 radical (unpaired) electrons. The number of benzene rings is 1. The molecule has 0 saturated carbocycles. The zero-order valence-electron chi connectivity index (χ0n) is 15.1. The molecular weight excluding hydrogens is 324 g/mol. The highest BCUT2D eigenvalue weighted by molar-refractivity contribution is 6.07. The lowest BCUT2D eigenvalue weighted by molar-refractivity contribution is 0.0763. The first-order valence-electron chi connectivity index (χ1n) is 9.17. The highest BCUT2D eigenvalue weighted by atomic mass is 16.2. The SMILES string of the molecule is Cn1cc(C(=O)N2CCCN(Cc3cccnc3)CC2)c2ccccc21. The minimum absolute atomic E-state index is 0.144. The molecule has 1 aliphatic rings. The van der Waals surface area contributed by atoms with E-state index >= 15 is 0 Å². The second-order valence-corrected chi connectivity index (χ2v) is 6.95. The van der Waals surface area contributed by atoms with Gasteiger partial charge in [-0.1, -0.05) is 24.3 Å². The van der Waals surface area contributed by atoms with Gasteiger partial charge in [-0.05, 0) is 24.1 Å². The van der Waals surface area contributed by atoms with Crippen molar-refractivity contribution in [2.24, 2.45) is 7.05 Å². The summed E-state index contributed by atoms with van der Waals surface area (Å²) in [6.07, 6.45) is 6.68. The van der Waals surface area contributed by atoms with Gasteiger partial charge in [0.25, 0.3) is 5.91 Å². The van der Waals surface area contributed by atoms with Crippen LogP contribution in [0.25, 0.3) is 10.9 Å². The molecule has 1 amide bonds. The molecule has 0 aliphatic carbocycles. The van der Waals surface area contributed by atoms with Crippen LogP contribution in [0.5, 0.6) is 0 Å². The Morgan fingerprint density at radius 2 is 1.96 bits per heavy atom. The van der Waals surface area contributed by atoms with Crippen LogP contribution < -0.4 is 0 Å². The zero-order valence-corrected chi connectivity index (χ0v) is 15.1. The highest BCUT2D eigenvalue weighted by Crippen LogP contribution is 2.22. The summed E-state index contributed by atoms with van der Waals surface area (Å²) >= 11 is 0. The summed E-state index contributed by atoms with van der Waals surface area (Å²) in [6, 6.07) is 12.2. The third kappa shape index (κ3) is 3.35. The Labute approximate surface area is 153 Å². The molecule has 0 N–H and O–H groups in total. The molecular formula is C21H24N4O. The quantitative estimate of drug-likeness (QED) is 0.731. The monoisotopic (exact) mass is 348 g/mol. The predicted octanol–water partition coefficient (Wildman–Crippen LogP) is 2.92. The van der Waals surface area contributed by atoms with Crippen molar-refractivity contribution >= 4 is 16.8 Å². The van der Waals surface area contributed by atoms with Gasteiger partial charge in [-0.2, -0.15) is 0 Å². The van der Waals surface area contributed by atoms with Gasteiger partial charge < -0.3 is 9.47 Å². The van der Waals surface area contributed by atoms with Crippen molar-refractivity contribution in [1.29, 1.82) is 0 Å². The second-order valence-electron chi connectivity index (χ2n) is 6.95. The fourth-order valence-electron chi connectivity index (χ4n) is 3.76. The molecule has 1 saturated heterocycles. The molecule has 0 bridgehead atoms. The van der Waals surface area contributed by atoms with E-state index in [0.29, 0.717) is 0 Å². The van der Waals surface area contributed by atoms with Crippen LogP contribution in [0.4, 0.5) is 0 Å². The molecule has 3 aromatic rings. The molecule has 0 spiro atoms. The van der Waals surface area contributed by atoms with Crippen LogP contribution in [-0.2, 0) is 13.6 Å². The number of fused-ring (bicyclic) bond motifs is 1. The van der Waals surface area contributed by atoms with Crippen LogP contribution in [0.15, 0.2) is 55.0 Å². The first kappa shape index (κ1) is 16.8. The van der Waals surface area contributed by atoms with Gasteiger partial charge in [0.1, 0.15) is 0 Å². The summed E-state index contributed by atoms with van der Waals surface area (Å²) < 4.78 is 2.04. The first-order valence-corrected chi connectivity index (χ1v) is 9.17. The van der Waals surface area contributed by atoms with E-state index in [1.807, 2.05) is 53.2 Å². The molecule has 5 heteroatoms. The van der Waals surface area contributed by atoms with Crippen molar-refractivity contribution in [1.82, 2.24) is 19.4 Å². The lowest BCUT2D eigenvalue weighted by Gasteiger charge is -2.22. The average Bonchev–Trinajstić information content (AvgIpc) is 2.85. The molecule has 134 valence electrons. The standard InChI is InChI=1S/C21H24N4O/c1-23-16-19(18-7-2-3-8-20(18)23)21(26)25-11-5-10-24(12-13-25)15-17-6-4-9-22-14-17/h2-4,6-9,14,16H,5,10-13,15H2,1H3. The average molecular weight is 348 g/mol. The van der Waals surface area contributed by atoms with E-state index in [4.69, 9.17) is 0 Å². The molecule has 5 nitrogen and oxygen atoms in total. The number of aryl methyl sites for hydroxylation is 1. The fourth-order valence-corrected chi connectivity index (χ4v) is 3.76. The van der Waals surface area contributed by atoms with Gasteiger partial charge in [-0.25, -0.2) is 0 Å². The summed E-state index contributed by atoms with van der Waals surface area (Å²) in [5.41, 5.74) is 3.13. The van der Waals surface area contributed by atoms with Crippen LogP contribution >= 0.6 is 0 Å². The van der Waals surface area contributed by atoms with Gasteiger partial charge in [0.05, 0.1) is 5.56 Å². The molecule has 1 aliphatic heterocycles. The Bertz CT molecular complexity index is 903. The molecule has 3 heterocycles. The molecule has 4 rings (SSSR count). The zero-order chi connectivity index (χ0) is 17.9. The van der Waals surface area contributed by atoms with Crippen molar-refractivity contribution in [3.8, 4) is 0 Å². The van der Waals surface area contributed by atoms with Gasteiger partial charge in [-0.15, -0.1) is 0 Å². The number of para-hydroxylation sites is 1. The maximum absolute atomic E-state index is 13.1. The van der Waals surface area contributed by atoms with Gasteiger partial charge >= 0.3 is 0 Å². The summed E-state index contributed by atoms with van der Waals surface area (Å²) in [6.45, 7) is 4.37. The molecule has 1 fully saturated rings. The fraction of sp³-hybridized carbons (Fsp3) is 0.333. The van der Waals surface area contributed by atoms with E-state index in [-0.39, 0.29) is 5.91 Å². The van der Waals surface area contributed by atoms with Gasteiger partial charge in [0.2, 0.25) is 0 Å². The number of pyridine rings is 1. The number of carbonyl (C=O) groups excluding carboxylic acids is 1. The van der Waals surface area contributed by atoms with Crippen molar-refractivity contribution in [3.05, 3.63) is 66.1 Å². The van der Waals surface area contributed by atoms with E-state index < -0.39 is 0 Å². The van der Waals surface area contributed by atoms with Crippen molar-refractivity contribution in [2.45, 2.75) is 13.0 Å². The normalized spacial score (nSPS) is 16.0. The Morgan fingerprint density at radius 1 is 1.08 bits per heavy atom. The third-order valence-electron chi connectivity index (χ3n) is 5.13. The lowest BCUT2D eigenvalue weighted by Crippen LogP contribution is -2.35. The number of rotatable bonds is 3. The Kier molecular flexibility index (Phi) is 4.71. The predicted molar refractivity (Wildman–Crippen MR) is 103 cm³/mol. The third-order valence-corrected chi connectivity index (χ3v) is 5.13. The number of hydrogen-bond donors (Lipinski definition) is 0. The van der Waals surface area contributed by atoms with Crippen molar-refractivity contribution < 1.29 is 4.79 Å². The summed E-state index contributed by atoms with van der Waals surface area (Å²) in [4.78, 5) is 21.7. The van der Waals surface area contributed by atoms with Gasteiger partial charge in [0.15, 0.2) is 0 Å². The smallest absolute Gasteiger partial charge is 0.256 e.